The van der Waals surface area contributed by atoms with Gasteiger partial charge in [-0.25, -0.2) is 0 Å². The van der Waals surface area contributed by atoms with Gasteiger partial charge in [-0.05, 0) is 13.0 Å². The molecule has 0 aromatic heterocycles. The van der Waals surface area contributed by atoms with E-state index in [4.69, 9.17) is 18.9 Å². The minimum atomic E-state index is -0.710. The molecule has 1 fully saturated rings. The molecule has 0 N–H and O–H groups in total. The standard InChI is InChI=1S/C11H8O4/c1-10-6-4-3-5-7(6)11(2,15-10)14-9(5)12-8(4)13-10/h3,8H,1-2H3. The van der Waals surface area contributed by atoms with Crippen molar-refractivity contribution in [3.05, 3.63) is 34.3 Å². The number of hydrogen-bond acceptors (Lipinski definition) is 4. The molecule has 76 valence electrons. The number of allylic oxidation sites excluding steroid dienone is 1. The van der Waals surface area contributed by atoms with Crippen LogP contribution in [0.25, 0.3) is 0 Å². The Bertz CT molecular complexity index is 541. The van der Waals surface area contributed by atoms with Crippen molar-refractivity contribution < 1.29 is 18.9 Å². The number of hydrogen-bond donors (Lipinski definition) is 0. The predicted octanol–water partition coefficient (Wildman–Crippen LogP) is 1.31. The SMILES string of the molecule is CC12OC3OC4=C5C=C3C1=C5C(C)(O4)O2. The van der Waals surface area contributed by atoms with E-state index >= 15 is 0 Å². The zero-order chi connectivity index (χ0) is 10.00. The third-order valence-electron chi connectivity index (χ3n) is 3.71. The Morgan fingerprint density at radius 3 is 2.93 bits per heavy atom. The van der Waals surface area contributed by atoms with Crippen LogP contribution in [0.3, 0.4) is 0 Å². The Morgan fingerprint density at radius 1 is 1.20 bits per heavy atom. The Kier molecular flexibility index (Phi) is 0.729. The molecular weight excluding hydrogens is 196 g/mol. The molecule has 1 aliphatic carbocycles. The molecule has 0 saturated carbocycles. The van der Waals surface area contributed by atoms with Crippen molar-refractivity contribution in [2.45, 2.75) is 31.7 Å². The second-order valence-corrected chi connectivity index (χ2v) is 4.71. The maximum absolute atomic E-state index is 5.90. The number of ether oxygens (including phenoxy) is 4. The average Bonchev–Trinajstić information content (AvgIpc) is 2.70. The van der Waals surface area contributed by atoms with Gasteiger partial charge in [0.2, 0.25) is 17.9 Å². The third kappa shape index (κ3) is 0.490. The van der Waals surface area contributed by atoms with Gasteiger partial charge in [0, 0.05) is 23.6 Å². The molecule has 3 atom stereocenters. The van der Waals surface area contributed by atoms with Crippen molar-refractivity contribution in [3.8, 4) is 0 Å². The smallest absolute Gasteiger partial charge is 0.292 e. The molecule has 3 unspecified atom stereocenters. The van der Waals surface area contributed by atoms with E-state index in [-0.39, 0.29) is 6.29 Å². The van der Waals surface area contributed by atoms with Crippen molar-refractivity contribution in [1.82, 2.24) is 0 Å². The average molecular weight is 204 g/mol. The van der Waals surface area contributed by atoms with Crippen LogP contribution >= 0.6 is 0 Å². The summed E-state index contributed by atoms with van der Waals surface area (Å²) in [5.41, 5.74) is 4.39. The minimum absolute atomic E-state index is 0.342. The maximum Gasteiger partial charge on any atom is 0.292 e. The second kappa shape index (κ2) is 1.54. The minimum Gasteiger partial charge on any atom is -0.430 e. The summed E-state index contributed by atoms with van der Waals surface area (Å²) < 4.78 is 23.0. The lowest BCUT2D eigenvalue weighted by Crippen LogP contribution is -2.39. The summed E-state index contributed by atoms with van der Waals surface area (Å²) in [7, 11) is 0. The molecule has 4 heteroatoms. The van der Waals surface area contributed by atoms with Gasteiger partial charge in [-0.1, -0.05) is 0 Å². The Labute approximate surface area is 85.7 Å². The molecule has 0 radical (unpaired) electrons. The Morgan fingerprint density at radius 2 is 2.07 bits per heavy atom. The van der Waals surface area contributed by atoms with Crippen LogP contribution in [-0.4, -0.2) is 17.9 Å². The van der Waals surface area contributed by atoms with Crippen LogP contribution in [0.1, 0.15) is 13.8 Å². The van der Waals surface area contributed by atoms with Crippen LogP contribution in [0.5, 0.6) is 0 Å². The third-order valence-corrected chi connectivity index (χ3v) is 3.71. The topological polar surface area (TPSA) is 36.9 Å². The highest BCUT2D eigenvalue weighted by Crippen LogP contribution is 2.65. The highest BCUT2D eigenvalue weighted by Gasteiger charge is 2.68. The molecule has 1 saturated heterocycles. The van der Waals surface area contributed by atoms with E-state index in [0.717, 1.165) is 22.3 Å². The van der Waals surface area contributed by atoms with Crippen molar-refractivity contribution in [3.63, 3.8) is 0 Å². The normalized spacial score (nSPS) is 51.6. The van der Waals surface area contributed by atoms with Gasteiger partial charge in [0.1, 0.15) is 0 Å². The Hall–Kier alpha value is -1.26. The summed E-state index contributed by atoms with van der Waals surface area (Å²) in [6, 6.07) is 0. The van der Waals surface area contributed by atoms with E-state index in [9.17, 15) is 0 Å². The molecule has 4 nitrogen and oxygen atoms in total. The highest BCUT2D eigenvalue weighted by atomic mass is 16.9. The van der Waals surface area contributed by atoms with E-state index < -0.39 is 11.6 Å². The van der Waals surface area contributed by atoms with E-state index in [2.05, 4.69) is 6.08 Å². The zero-order valence-corrected chi connectivity index (χ0v) is 8.29. The van der Waals surface area contributed by atoms with Crippen LogP contribution in [0.2, 0.25) is 0 Å². The molecular formula is C11H8O4. The summed E-state index contributed by atoms with van der Waals surface area (Å²) in [4.78, 5) is 0. The molecule has 5 rings (SSSR count). The van der Waals surface area contributed by atoms with E-state index in [1.54, 1.807) is 0 Å². The monoisotopic (exact) mass is 204 g/mol. The Balaban J connectivity index is 1.99. The largest absolute Gasteiger partial charge is 0.430 e. The summed E-state index contributed by atoms with van der Waals surface area (Å²) in [6.45, 7) is 3.84. The van der Waals surface area contributed by atoms with Crippen LogP contribution in [0.4, 0.5) is 0 Å². The summed E-state index contributed by atoms with van der Waals surface area (Å²) >= 11 is 0. The van der Waals surface area contributed by atoms with E-state index in [1.807, 2.05) is 13.8 Å². The van der Waals surface area contributed by atoms with Gasteiger partial charge in [-0.2, -0.15) is 0 Å². The first-order chi connectivity index (χ1) is 7.11. The molecule has 4 aliphatic heterocycles. The fourth-order valence-electron chi connectivity index (χ4n) is 3.29. The van der Waals surface area contributed by atoms with E-state index in [1.165, 1.54) is 0 Å². The molecule has 0 aromatic rings. The highest BCUT2D eigenvalue weighted by molar-refractivity contribution is 5.71. The first-order valence-corrected chi connectivity index (χ1v) is 5.06. The van der Waals surface area contributed by atoms with Crippen molar-refractivity contribution in [2.24, 2.45) is 0 Å². The van der Waals surface area contributed by atoms with Crippen molar-refractivity contribution in [1.29, 1.82) is 0 Å². The fraction of sp³-hybridized carbons (Fsp3) is 0.455. The lowest BCUT2D eigenvalue weighted by atomic mass is 10.00. The lowest BCUT2D eigenvalue weighted by molar-refractivity contribution is -0.342. The van der Waals surface area contributed by atoms with Crippen LogP contribution in [0, 0.1) is 0 Å². The van der Waals surface area contributed by atoms with Gasteiger partial charge in [0.05, 0.1) is 5.57 Å². The van der Waals surface area contributed by atoms with Crippen molar-refractivity contribution in [2.75, 3.05) is 0 Å². The molecule has 2 bridgehead atoms. The molecule has 4 heterocycles. The summed E-state index contributed by atoms with van der Waals surface area (Å²) in [5, 5.41) is 0. The predicted molar refractivity (Wildman–Crippen MR) is 47.1 cm³/mol. The van der Waals surface area contributed by atoms with Crippen molar-refractivity contribution >= 4 is 0 Å². The summed E-state index contributed by atoms with van der Waals surface area (Å²) in [6.07, 6.45) is 1.76. The molecule has 0 spiro atoms. The molecule has 5 aliphatic rings. The van der Waals surface area contributed by atoms with Gasteiger partial charge >= 0.3 is 0 Å². The fourth-order valence-corrected chi connectivity index (χ4v) is 3.29. The molecule has 15 heavy (non-hydrogen) atoms. The molecule has 0 aromatic carbocycles. The first-order valence-electron chi connectivity index (χ1n) is 5.06. The second-order valence-electron chi connectivity index (χ2n) is 4.71. The van der Waals surface area contributed by atoms with E-state index in [0.29, 0.717) is 5.95 Å². The number of rotatable bonds is 0. The lowest BCUT2D eigenvalue weighted by Gasteiger charge is -2.32. The zero-order valence-electron chi connectivity index (χ0n) is 8.29. The van der Waals surface area contributed by atoms with Crippen LogP contribution in [0.15, 0.2) is 34.3 Å². The first kappa shape index (κ1) is 7.09. The quantitative estimate of drug-likeness (QED) is 0.596. The van der Waals surface area contributed by atoms with Crippen LogP contribution < -0.4 is 0 Å². The van der Waals surface area contributed by atoms with Gasteiger partial charge in [-0.15, -0.1) is 0 Å². The maximum atomic E-state index is 5.90. The summed E-state index contributed by atoms with van der Waals surface area (Å²) in [5.74, 6) is -0.842. The van der Waals surface area contributed by atoms with Crippen LogP contribution in [-0.2, 0) is 18.9 Å². The van der Waals surface area contributed by atoms with Gasteiger partial charge in [0.25, 0.3) is 5.95 Å². The molecule has 0 amide bonds. The van der Waals surface area contributed by atoms with Gasteiger partial charge < -0.3 is 14.2 Å². The van der Waals surface area contributed by atoms with Gasteiger partial charge in [-0.3, -0.25) is 4.74 Å². The van der Waals surface area contributed by atoms with Gasteiger partial charge in [0.15, 0.2) is 0 Å².